The Morgan fingerprint density at radius 3 is 2.47 bits per heavy atom. The average Bonchev–Trinajstić information content (AvgIpc) is 3.11. The average molecular weight is 241 g/mol. The van der Waals surface area contributed by atoms with Gasteiger partial charge in [-0.15, -0.1) is 0 Å². The maximum absolute atomic E-state index is 11.8. The molecule has 1 aliphatic carbocycles. The summed E-state index contributed by atoms with van der Waals surface area (Å²) in [5, 5.41) is 3.43. The predicted molar refractivity (Wildman–Crippen MR) is 70.0 cm³/mol. The molecule has 1 unspecified atom stereocenters. The lowest BCUT2D eigenvalue weighted by Crippen LogP contribution is -2.51. The standard InChI is InChI=1S/C14H27NO2/c1-4-5-6-7-8-11-14(2,13(16)17-3)15-12-9-10-12/h12,15H,4-11H2,1-3H3. The molecule has 0 radical (unpaired) electrons. The minimum absolute atomic E-state index is 0.111. The van der Waals surface area contributed by atoms with Crippen molar-refractivity contribution in [2.75, 3.05) is 7.11 Å². The molecule has 0 aromatic rings. The van der Waals surface area contributed by atoms with Crippen molar-refractivity contribution in [1.82, 2.24) is 5.32 Å². The molecule has 0 aromatic carbocycles. The maximum atomic E-state index is 11.8. The second-order valence-electron chi connectivity index (χ2n) is 5.41. The van der Waals surface area contributed by atoms with Crippen molar-refractivity contribution < 1.29 is 9.53 Å². The summed E-state index contributed by atoms with van der Waals surface area (Å²) in [5.74, 6) is -0.111. The van der Waals surface area contributed by atoms with E-state index in [9.17, 15) is 4.79 Å². The smallest absolute Gasteiger partial charge is 0.325 e. The molecule has 17 heavy (non-hydrogen) atoms. The number of ether oxygens (including phenoxy) is 1. The van der Waals surface area contributed by atoms with Gasteiger partial charge in [-0.2, -0.15) is 0 Å². The van der Waals surface area contributed by atoms with Gasteiger partial charge >= 0.3 is 5.97 Å². The van der Waals surface area contributed by atoms with E-state index in [1.807, 2.05) is 6.92 Å². The van der Waals surface area contributed by atoms with Crippen LogP contribution < -0.4 is 5.32 Å². The van der Waals surface area contributed by atoms with Crippen LogP contribution in [0.3, 0.4) is 0 Å². The van der Waals surface area contributed by atoms with Crippen LogP contribution in [0, 0.1) is 0 Å². The first-order valence-corrected chi connectivity index (χ1v) is 6.98. The zero-order chi connectivity index (χ0) is 12.7. The number of nitrogens with one attached hydrogen (secondary N) is 1. The summed E-state index contributed by atoms with van der Waals surface area (Å²) in [5.41, 5.74) is -0.470. The third-order valence-electron chi connectivity index (χ3n) is 3.52. The maximum Gasteiger partial charge on any atom is 0.325 e. The van der Waals surface area contributed by atoms with E-state index in [4.69, 9.17) is 4.74 Å². The lowest BCUT2D eigenvalue weighted by Gasteiger charge is -2.28. The van der Waals surface area contributed by atoms with Crippen LogP contribution in [0.1, 0.15) is 65.2 Å². The highest BCUT2D eigenvalue weighted by atomic mass is 16.5. The molecule has 0 aromatic heterocycles. The summed E-state index contributed by atoms with van der Waals surface area (Å²) >= 11 is 0. The zero-order valence-corrected chi connectivity index (χ0v) is 11.6. The summed E-state index contributed by atoms with van der Waals surface area (Å²) in [4.78, 5) is 11.8. The predicted octanol–water partition coefficient (Wildman–Crippen LogP) is 3.03. The van der Waals surface area contributed by atoms with E-state index < -0.39 is 5.54 Å². The van der Waals surface area contributed by atoms with Gasteiger partial charge < -0.3 is 4.74 Å². The third-order valence-corrected chi connectivity index (χ3v) is 3.52. The number of hydrogen-bond acceptors (Lipinski definition) is 3. The molecular weight excluding hydrogens is 214 g/mol. The molecule has 1 aliphatic rings. The van der Waals surface area contributed by atoms with E-state index in [2.05, 4.69) is 12.2 Å². The fourth-order valence-corrected chi connectivity index (χ4v) is 2.22. The number of hydrogen-bond donors (Lipinski definition) is 1. The summed E-state index contributed by atoms with van der Waals surface area (Å²) in [6.07, 6.45) is 9.43. The Hall–Kier alpha value is -0.570. The van der Waals surface area contributed by atoms with Crippen molar-refractivity contribution in [3.8, 4) is 0 Å². The fraction of sp³-hybridized carbons (Fsp3) is 0.929. The van der Waals surface area contributed by atoms with Crippen molar-refractivity contribution >= 4 is 5.97 Å². The highest BCUT2D eigenvalue weighted by Gasteiger charge is 2.38. The summed E-state index contributed by atoms with van der Waals surface area (Å²) < 4.78 is 4.92. The molecular formula is C14H27NO2. The fourth-order valence-electron chi connectivity index (χ4n) is 2.22. The molecule has 0 bridgehead atoms. The largest absolute Gasteiger partial charge is 0.468 e. The van der Waals surface area contributed by atoms with Crippen LogP contribution in [0.15, 0.2) is 0 Å². The molecule has 0 amide bonds. The molecule has 3 heteroatoms. The van der Waals surface area contributed by atoms with E-state index in [1.165, 1.54) is 45.6 Å². The minimum Gasteiger partial charge on any atom is -0.468 e. The Morgan fingerprint density at radius 1 is 1.29 bits per heavy atom. The second-order valence-corrected chi connectivity index (χ2v) is 5.41. The molecule has 1 fully saturated rings. The number of unbranched alkanes of at least 4 members (excludes halogenated alkanes) is 4. The van der Waals surface area contributed by atoms with Gasteiger partial charge in [-0.05, 0) is 26.2 Å². The molecule has 100 valence electrons. The highest BCUT2D eigenvalue weighted by Crippen LogP contribution is 2.26. The van der Waals surface area contributed by atoms with Gasteiger partial charge in [0.05, 0.1) is 7.11 Å². The third kappa shape index (κ3) is 5.07. The summed E-state index contributed by atoms with van der Waals surface area (Å²) in [7, 11) is 1.48. The van der Waals surface area contributed by atoms with Crippen LogP contribution in [-0.4, -0.2) is 24.7 Å². The Morgan fingerprint density at radius 2 is 1.94 bits per heavy atom. The number of carbonyl (C=O) groups excluding carboxylic acids is 1. The van der Waals surface area contributed by atoms with Crippen LogP contribution in [0.4, 0.5) is 0 Å². The van der Waals surface area contributed by atoms with E-state index in [-0.39, 0.29) is 5.97 Å². The molecule has 1 N–H and O–H groups in total. The molecule has 0 heterocycles. The van der Waals surface area contributed by atoms with E-state index >= 15 is 0 Å². The minimum atomic E-state index is -0.470. The quantitative estimate of drug-likeness (QED) is 0.498. The van der Waals surface area contributed by atoms with Gasteiger partial charge in [0, 0.05) is 6.04 Å². The van der Waals surface area contributed by atoms with Crippen molar-refractivity contribution in [3.63, 3.8) is 0 Å². The van der Waals surface area contributed by atoms with Gasteiger partial charge in [-0.1, -0.05) is 39.0 Å². The van der Waals surface area contributed by atoms with Crippen LogP contribution >= 0.6 is 0 Å². The first-order valence-electron chi connectivity index (χ1n) is 6.98. The van der Waals surface area contributed by atoms with E-state index in [0.29, 0.717) is 6.04 Å². The molecule has 1 atom stereocenters. The highest BCUT2D eigenvalue weighted by molar-refractivity contribution is 5.80. The summed E-state index contributed by atoms with van der Waals surface area (Å²) in [6, 6.07) is 0.537. The number of carbonyl (C=O) groups is 1. The Bertz CT molecular complexity index is 238. The van der Waals surface area contributed by atoms with Crippen LogP contribution in [0.25, 0.3) is 0 Å². The Balaban J connectivity index is 2.31. The molecule has 3 nitrogen and oxygen atoms in total. The first kappa shape index (κ1) is 14.5. The SMILES string of the molecule is CCCCCCCC(C)(NC1CC1)C(=O)OC. The lowest BCUT2D eigenvalue weighted by molar-refractivity contribution is -0.148. The normalized spacial score (nSPS) is 18.8. The van der Waals surface area contributed by atoms with Crippen molar-refractivity contribution in [2.45, 2.75) is 76.8 Å². The van der Waals surface area contributed by atoms with Crippen molar-refractivity contribution in [2.24, 2.45) is 0 Å². The van der Waals surface area contributed by atoms with Crippen LogP contribution in [-0.2, 0) is 9.53 Å². The molecule has 0 aliphatic heterocycles. The van der Waals surface area contributed by atoms with E-state index in [0.717, 1.165) is 12.8 Å². The van der Waals surface area contributed by atoms with Crippen molar-refractivity contribution in [3.05, 3.63) is 0 Å². The second kappa shape index (κ2) is 7.00. The zero-order valence-electron chi connectivity index (χ0n) is 11.6. The number of methoxy groups -OCH3 is 1. The van der Waals surface area contributed by atoms with Gasteiger partial charge in [0.2, 0.25) is 0 Å². The van der Waals surface area contributed by atoms with Crippen LogP contribution in [0.2, 0.25) is 0 Å². The molecule has 0 saturated heterocycles. The van der Waals surface area contributed by atoms with Gasteiger partial charge in [0.1, 0.15) is 5.54 Å². The monoisotopic (exact) mass is 241 g/mol. The van der Waals surface area contributed by atoms with E-state index in [1.54, 1.807) is 0 Å². The van der Waals surface area contributed by atoms with Gasteiger partial charge in [0.15, 0.2) is 0 Å². The summed E-state index contributed by atoms with van der Waals surface area (Å²) in [6.45, 7) is 4.20. The van der Waals surface area contributed by atoms with Crippen LogP contribution in [0.5, 0.6) is 0 Å². The first-order chi connectivity index (χ1) is 8.12. The number of rotatable bonds is 9. The topological polar surface area (TPSA) is 38.3 Å². The number of esters is 1. The lowest BCUT2D eigenvalue weighted by atomic mass is 9.93. The van der Waals surface area contributed by atoms with Gasteiger partial charge in [0.25, 0.3) is 0 Å². The van der Waals surface area contributed by atoms with Crippen molar-refractivity contribution in [1.29, 1.82) is 0 Å². The van der Waals surface area contributed by atoms with Gasteiger partial charge in [-0.25, -0.2) is 0 Å². The molecule has 1 saturated carbocycles. The Kier molecular flexibility index (Phi) is 5.96. The Labute approximate surface area is 105 Å². The molecule has 0 spiro atoms. The van der Waals surface area contributed by atoms with Gasteiger partial charge in [-0.3, -0.25) is 10.1 Å². The molecule has 1 rings (SSSR count).